The minimum absolute atomic E-state index is 0.128. The second-order valence-corrected chi connectivity index (χ2v) is 7.43. The van der Waals surface area contributed by atoms with Crippen LogP contribution in [0.3, 0.4) is 0 Å². The molecule has 2 aromatic carbocycles. The Morgan fingerprint density at radius 1 is 1.07 bits per heavy atom. The zero-order valence-corrected chi connectivity index (χ0v) is 17.1. The van der Waals surface area contributed by atoms with E-state index in [1.807, 2.05) is 26.0 Å². The molecule has 0 radical (unpaired) electrons. The van der Waals surface area contributed by atoms with Crippen molar-refractivity contribution in [1.82, 2.24) is 0 Å². The normalized spacial score (nSPS) is 14.0. The second-order valence-electron chi connectivity index (χ2n) is 7.43. The molecule has 7 nitrogen and oxygen atoms in total. The Morgan fingerprint density at radius 2 is 1.87 bits per heavy atom. The van der Waals surface area contributed by atoms with Crippen molar-refractivity contribution in [2.45, 2.75) is 19.4 Å². The van der Waals surface area contributed by atoms with E-state index in [1.165, 1.54) is 20.3 Å². The van der Waals surface area contributed by atoms with Gasteiger partial charge in [-0.25, -0.2) is 4.79 Å². The number of carbonyl (C=O) groups excluding carboxylic acids is 1. The lowest BCUT2D eigenvalue weighted by atomic mass is 10.0. The van der Waals surface area contributed by atoms with Crippen molar-refractivity contribution in [3.63, 3.8) is 0 Å². The van der Waals surface area contributed by atoms with Crippen LogP contribution in [0.15, 0.2) is 51.7 Å². The molecule has 0 unspecified atom stereocenters. The third-order valence-corrected chi connectivity index (χ3v) is 4.79. The highest BCUT2D eigenvalue weighted by atomic mass is 16.5. The predicted molar refractivity (Wildman–Crippen MR) is 114 cm³/mol. The van der Waals surface area contributed by atoms with Crippen LogP contribution in [0.5, 0.6) is 17.2 Å². The van der Waals surface area contributed by atoms with Crippen LogP contribution in [0.25, 0.3) is 17.0 Å². The fourth-order valence-corrected chi connectivity index (χ4v) is 3.26. The summed E-state index contributed by atoms with van der Waals surface area (Å²) in [4.78, 5) is 25.2. The summed E-state index contributed by atoms with van der Waals surface area (Å²) in [6, 6.07) is 9.97. The first kappa shape index (κ1) is 19.6. The van der Waals surface area contributed by atoms with Crippen LogP contribution in [0.4, 0.5) is 5.69 Å². The van der Waals surface area contributed by atoms with Crippen LogP contribution < -0.4 is 25.2 Å². The summed E-state index contributed by atoms with van der Waals surface area (Å²) in [7, 11) is 2.99. The number of ether oxygens (including phenoxy) is 3. The van der Waals surface area contributed by atoms with Gasteiger partial charge in [0.25, 0.3) is 5.91 Å². The Labute approximate surface area is 172 Å². The molecule has 0 saturated carbocycles. The van der Waals surface area contributed by atoms with Gasteiger partial charge in [-0.3, -0.25) is 4.79 Å². The van der Waals surface area contributed by atoms with Crippen molar-refractivity contribution < 1.29 is 23.4 Å². The maximum atomic E-state index is 12.8. The van der Waals surface area contributed by atoms with Gasteiger partial charge >= 0.3 is 5.63 Å². The first-order valence-corrected chi connectivity index (χ1v) is 9.33. The van der Waals surface area contributed by atoms with Crippen LogP contribution in [0.1, 0.15) is 29.8 Å². The van der Waals surface area contributed by atoms with Gasteiger partial charge in [-0.15, -0.1) is 0 Å². The lowest BCUT2D eigenvalue weighted by Crippen LogP contribution is -2.27. The number of hydrogen-bond donors (Lipinski definition) is 1. The SMILES string of the molecule is COc1cc(OC)c2cc(C(=O)Nc3ccc4c(c3)C=CC(C)(C)O4)c(=O)oc2c1. The van der Waals surface area contributed by atoms with Gasteiger partial charge in [0.2, 0.25) is 0 Å². The highest BCUT2D eigenvalue weighted by Gasteiger charge is 2.22. The number of benzene rings is 2. The monoisotopic (exact) mass is 407 g/mol. The summed E-state index contributed by atoms with van der Waals surface area (Å²) in [6.45, 7) is 3.93. The summed E-state index contributed by atoms with van der Waals surface area (Å²) >= 11 is 0. The Kier molecular flexibility index (Phi) is 4.73. The Morgan fingerprint density at radius 3 is 2.60 bits per heavy atom. The number of carbonyl (C=O) groups is 1. The Hall–Kier alpha value is -3.74. The minimum Gasteiger partial charge on any atom is -0.496 e. The van der Waals surface area contributed by atoms with Gasteiger partial charge in [0.15, 0.2) is 0 Å². The van der Waals surface area contributed by atoms with Crippen LogP contribution >= 0.6 is 0 Å². The van der Waals surface area contributed by atoms with E-state index in [4.69, 9.17) is 18.6 Å². The topological polar surface area (TPSA) is 87.0 Å². The lowest BCUT2D eigenvalue weighted by molar-refractivity contribution is 0.102. The van der Waals surface area contributed by atoms with E-state index in [0.29, 0.717) is 22.6 Å². The maximum Gasteiger partial charge on any atom is 0.349 e. The summed E-state index contributed by atoms with van der Waals surface area (Å²) < 4.78 is 21.8. The number of amides is 1. The van der Waals surface area contributed by atoms with Gasteiger partial charge in [-0.05, 0) is 44.2 Å². The first-order chi connectivity index (χ1) is 14.3. The van der Waals surface area contributed by atoms with Gasteiger partial charge in [-0.1, -0.05) is 6.08 Å². The third-order valence-electron chi connectivity index (χ3n) is 4.79. The quantitative estimate of drug-likeness (QED) is 0.651. The molecule has 2 heterocycles. The molecule has 154 valence electrons. The van der Waals surface area contributed by atoms with E-state index >= 15 is 0 Å². The molecule has 0 spiro atoms. The summed E-state index contributed by atoms with van der Waals surface area (Å²) in [5.41, 5.74) is 0.379. The number of fused-ring (bicyclic) bond motifs is 2. The summed E-state index contributed by atoms with van der Waals surface area (Å²) in [5.74, 6) is 1.06. The number of methoxy groups -OCH3 is 2. The molecule has 0 bridgehead atoms. The number of nitrogens with one attached hydrogen (secondary N) is 1. The first-order valence-electron chi connectivity index (χ1n) is 9.33. The Balaban J connectivity index is 1.67. The highest BCUT2D eigenvalue weighted by Crippen LogP contribution is 2.33. The van der Waals surface area contributed by atoms with E-state index < -0.39 is 11.5 Å². The predicted octanol–water partition coefficient (Wildman–Crippen LogP) is 4.25. The molecule has 1 aliphatic heterocycles. The fraction of sp³-hybridized carbons (Fsp3) is 0.217. The molecule has 1 aliphatic rings. The molecular formula is C23H21NO6. The van der Waals surface area contributed by atoms with Crippen LogP contribution in [0.2, 0.25) is 0 Å². The van der Waals surface area contributed by atoms with Crippen molar-refractivity contribution in [1.29, 1.82) is 0 Å². The minimum atomic E-state index is -0.752. The molecule has 7 heteroatoms. The van der Waals surface area contributed by atoms with Crippen molar-refractivity contribution >= 4 is 28.6 Å². The average Bonchev–Trinajstić information content (AvgIpc) is 2.71. The van der Waals surface area contributed by atoms with Gasteiger partial charge in [0.1, 0.15) is 34.0 Å². The molecule has 1 N–H and O–H groups in total. The molecule has 0 fully saturated rings. The van der Waals surface area contributed by atoms with Crippen LogP contribution in [0, 0.1) is 0 Å². The van der Waals surface area contributed by atoms with Gasteiger partial charge in [-0.2, -0.15) is 0 Å². The van der Waals surface area contributed by atoms with Crippen molar-refractivity contribution in [2.75, 3.05) is 19.5 Å². The largest absolute Gasteiger partial charge is 0.496 e. The molecule has 30 heavy (non-hydrogen) atoms. The van der Waals surface area contributed by atoms with Crippen LogP contribution in [-0.2, 0) is 0 Å². The molecule has 3 aromatic rings. The van der Waals surface area contributed by atoms with E-state index in [1.54, 1.807) is 30.3 Å². The van der Waals surface area contributed by atoms with Gasteiger partial charge in [0, 0.05) is 23.4 Å². The Bertz CT molecular complexity index is 1240. The smallest absolute Gasteiger partial charge is 0.349 e. The maximum absolute atomic E-state index is 12.8. The zero-order chi connectivity index (χ0) is 21.5. The number of hydrogen-bond acceptors (Lipinski definition) is 6. The van der Waals surface area contributed by atoms with Crippen molar-refractivity contribution in [3.8, 4) is 17.2 Å². The third kappa shape index (κ3) is 3.61. The van der Waals surface area contributed by atoms with E-state index in [2.05, 4.69) is 5.32 Å². The van der Waals surface area contributed by atoms with E-state index in [-0.39, 0.29) is 16.7 Å². The van der Waals surface area contributed by atoms with E-state index in [0.717, 1.165) is 11.3 Å². The van der Waals surface area contributed by atoms with Gasteiger partial charge < -0.3 is 23.9 Å². The average molecular weight is 407 g/mol. The molecule has 1 amide bonds. The summed E-state index contributed by atoms with van der Waals surface area (Å²) in [5, 5.41) is 3.23. The second kappa shape index (κ2) is 7.26. The standard InChI is InChI=1S/C23H21NO6/c1-23(2)8-7-13-9-14(5-6-18(13)30-23)24-21(25)17-12-16-19(28-4)10-15(27-3)11-20(16)29-22(17)26/h5-12H,1-4H3,(H,24,25). The highest BCUT2D eigenvalue weighted by molar-refractivity contribution is 6.06. The fourth-order valence-electron chi connectivity index (χ4n) is 3.26. The molecule has 0 aliphatic carbocycles. The van der Waals surface area contributed by atoms with Gasteiger partial charge in [0.05, 0.1) is 19.6 Å². The number of anilines is 1. The molecule has 0 atom stereocenters. The molecule has 4 rings (SSSR count). The number of rotatable bonds is 4. The van der Waals surface area contributed by atoms with Crippen molar-refractivity contribution in [2.24, 2.45) is 0 Å². The van der Waals surface area contributed by atoms with E-state index in [9.17, 15) is 9.59 Å². The summed E-state index contributed by atoms with van der Waals surface area (Å²) in [6.07, 6.45) is 3.89. The van der Waals surface area contributed by atoms with Crippen LogP contribution in [-0.4, -0.2) is 25.7 Å². The van der Waals surface area contributed by atoms with Crippen molar-refractivity contribution in [3.05, 3.63) is 64.0 Å². The molecule has 1 aromatic heterocycles. The molecular weight excluding hydrogens is 386 g/mol. The lowest BCUT2D eigenvalue weighted by Gasteiger charge is -2.28. The molecule has 0 saturated heterocycles. The zero-order valence-electron chi connectivity index (χ0n) is 17.1.